The molecule has 0 radical (unpaired) electrons. The average Bonchev–Trinajstić information content (AvgIpc) is 3.62. The molecule has 1 aromatic carbocycles. The molecule has 1 aliphatic rings. The maximum Gasteiger partial charge on any atom is 0.227 e. The zero-order chi connectivity index (χ0) is 29.9. The van der Waals surface area contributed by atoms with Gasteiger partial charge in [-0.1, -0.05) is 0 Å². The smallest absolute Gasteiger partial charge is 0.227 e. The van der Waals surface area contributed by atoms with E-state index in [0.29, 0.717) is 50.4 Å². The summed E-state index contributed by atoms with van der Waals surface area (Å²) in [5, 5.41) is 9.80. The van der Waals surface area contributed by atoms with E-state index in [1.165, 1.54) is 6.07 Å². The molecule has 1 atom stereocenters. The summed E-state index contributed by atoms with van der Waals surface area (Å²) in [6, 6.07) is 11.4. The molecule has 11 nitrogen and oxygen atoms in total. The zero-order valence-electron chi connectivity index (χ0n) is 22.8. The molecule has 7 rings (SSSR count). The number of halogens is 1. The summed E-state index contributed by atoms with van der Waals surface area (Å²) in [4.78, 5) is 29.0. The summed E-state index contributed by atoms with van der Waals surface area (Å²) in [5.74, 6) is -0.536. The van der Waals surface area contributed by atoms with E-state index in [1.807, 2.05) is 24.3 Å². The topological polar surface area (TPSA) is 172 Å². The lowest BCUT2D eigenvalue weighted by atomic mass is 10.0. The van der Waals surface area contributed by atoms with E-state index in [-0.39, 0.29) is 17.4 Å². The van der Waals surface area contributed by atoms with Crippen LogP contribution in [0.25, 0.3) is 55.7 Å². The van der Waals surface area contributed by atoms with Gasteiger partial charge in [0.05, 0.1) is 40.5 Å². The van der Waals surface area contributed by atoms with Crippen molar-refractivity contribution in [1.82, 2.24) is 30.1 Å². The molecule has 5 N–H and O–H groups in total. The number of aromatic amines is 2. The lowest BCUT2D eigenvalue weighted by molar-refractivity contribution is -0.117. The number of rotatable bonds is 7. The van der Waals surface area contributed by atoms with Crippen molar-refractivity contribution in [3.05, 3.63) is 78.6 Å². The Balaban J connectivity index is 1.27. The van der Waals surface area contributed by atoms with E-state index < -0.39 is 21.0 Å². The number of nitrogens with one attached hydrogen (secondary N) is 3. The number of fused-ring (bicyclic) bond motifs is 2. The minimum Gasteiger partial charge on any atom is -0.352 e. The van der Waals surface area contributed by atoms with E-state index >= 15 is 0 Å². The zero-order valence-corrected chi connectivity index (χ0v) is 23.6. The average molecular weight is 597 g/mol. The molecule has 13 heteroatoms. The van der Waals surface area contributed by atoms with Gasteiger partial charge in [0.2, 0.25) is 5.91 Å². The van der Waals surface area contributed by atoms with Crippen molar-refractivity contribution < 1.29 is 17.6 Å². The normalized spacial score (nSPS) is 14.3. The number of amides is 1. The molecule has 0 spiro atoms. The van der Waals surface area contributed by atoms with Crippen LogP contribution in [-0.2, 0) is 14.6 Å². The van der Waals surface area contributed by atoms with Gasteiger partial charge in [-0.05, 0) is 66.4 Å². The fraction of sp³-hybridized carbons (Fsp3) is 0.167. The van der Waals surface area contributed by atoms with Crippen LogP contribution in [-0.4, -0.2) is 50.7 Å². The molecule has 43 heavy (non-hydrogen) atoms. The Kier molecular flexibility index (Phi) is 6.29. The molecule has 1 saturated carbocycles. The Morgan fingerprint density at radius 3 is 2.63 bits per heavy atom. The molecule has 6 aromatic rings. The van der Waals surface area contributed by atoms with Crippen LogP contribution in [0.15, 0.2) is 67.3 Å². The Morgan fingerprint density at radius 1 is 1.02 bits per heavy atom. The lowest BCUT2D eigenvalue weighted by Gasteiger charge is -2.12. The third kappa shape index (κ3) is 5.13. The van der Waals surface area contributed by atoms with Gasteiger partial charge in [0, 0.05) is 41.1 Å². The van der Waals surface area contributed by atoms with Gasteiger partial charge >= 0.3 is 0 Å². The van der Waals surface area contributed by atoms with Crippen LogP contribution >= 0.6 is 0 Å². The van der Waals surface area contributed by atoms with Crippen LogP contribution in [0.1, 0.15) is 23.8 Å². The number of H-pyrrole nitrogens is 2. The standard InChI is InChI=1S/C30H25FN8O3S/c1-43(41,42)29(32)17-6-16(7-19(31)8-17)22-13-34-14-26-21(22)10-25(36-26)28-27-24(38-39-28)5-4-23(37-27)18-9-20(12-33-11-18)35-30(40)15-2-3-15/h4-15,29,36H,2-3,32H2,1H3,(H,35,40)(H,38,39). The molecule has 1 aliphatic carbocycles. The van der Waals surface area contributed by atoms with Gasteiger partial charge in [-0.15, -0.1) is 0 Å². The first-order valence-electron chi connectivity index (χ1n) is 13.5. The van der Waals surface area contributed by atoms with E-state index in [1.54, 1.807) is 30.9 Å². The molecular formula is C30H25FN8O3S. The lowest BCUT2D eigenvalue weighted by Crippen LogP contribution is -2.20. The number of benzene rings is 1. The van der Waals surface area contributed by atoms with E-state index in [9.17, 15) is 17.6 Å². The van der Waals surface area contributed by atoms with Gasteiger partial charge in [0.1, 0.15) is 22.4 Å². The van der Waals surface area contributed by atoms with Crippen molar-refractivity contribution in [2.75, 3.05) is 11.6 Å². The van der Waals surface area contributed by atoms with Crippen LogP contribution in [0.5, 0.6) is 0 Å². The predicted molar refractivity (Wildman–Crippen MR) is 161 cm³/mol. The van der Waals surface area contributed by atoms with Crippen LogP contribution in [0.4, 0.5) is 10.1 Å². The first-order valence-corrected chi connectivity index (χ1v) is 15.4. The molecule has 0 bridgehead atoms. The number of carbonyl (C=O) groups is 1. The highest BCUT2D eigenvalue weighted by molar-refractivity contribution is 7.90. The monoisotopic (exact) mass is 596 g/mol. The molecule has 5 aromatic heterocycles. The minimum absolute atomic E-state index is 0.000131. The number of carbonyl (C=O) groups excluding carboxylic acids is 1. The number of nitrogens with two attached hydrogens (primary N) is 1. The SMILES string of the molecule is CS(=O)(=O)C(N)c1cc(F)cc(-c2cncc3[nH]c(-c4n[nH]c5ccc(-c6cncc(NC(=O)C7CC7)c6)nc45)cc23)c1. The Morgan fingerprint density at radius 2 is 1.84 bits per heavy atom. The highest BCUT2D eigenvalue weighted by atomic mass is 32.2. The van der Waals surface area contributed by atoms with Crippen molar-refractivity contribution in [2.24, 2.45) is 11.7 Å². The van der Waals surface area contributed by atoms with Gasteiger partial charge in [-0.3, -0.25) is 19.9 Å². The summed E-state index contributed by atoms with van der Waals surface area (Å²) < 4.78 is 38.7. The summed E-state index contributed by atoms with van der Waals surface area (Å²) >= 11 is 0. The Bertz CT molecular complexity index is 2170. The molecule has 1 unspecified atom stereocenters. The third-order valence-electron chi connectivity index (χ3n) is 7.48. The van der Waals surface area contributed by atoms with Crippen molar-refractivity contribution in [3.8, 4) is 33.8 Å². The van der Waals surface area contributed by atoms with Crippen molar-refractivity contribution in [3.63, 3.8) is 0 Å². The fourth-order valence-electron chi connectivity index (χ4n) is 5.07. The van der Waals surface area contributed by atoms with Crippen molar-refractivity contribution >= 4 is 43.4 Å². The number of sulfone groups is 1. The maximum atomic E-state index is 14.6. The molecule has 0 saturated heterocycles. The molecule has 1 fully saturated rings. The number of pyridine rings is 3. The van der Waals surface area contributed by atoms with E-state index in [0.717, 1.165) is 36.1 Å². The maximum absolute atomic E-state index is 14.6. The predicted octanol–water partition coefficient (Wildman–Crippen LogP) is 4.72. The van der Waals surface area contributed by atoms with Crippen LogP contribution < -0.4 is 11.1 Å². The van der Waals surface area contributed by atoms with Gasteiger partial charge in [-0.2, -0.15) is 5.10 Å². The highest BCUT2D eigenvalue weighted by Gasteiger charge is 2.29. The van der Waals surface area contributed by atoms with E-state index in [4.69, 9.17) is 10.7 Å². The minimum atomic E-state index is -3.64. The van der Waals surface area contributed by atoms with Gasteiger partial charge in [-0.25, -0.2) is 17.8 Å². The van der Waals surface area contributed by atoms with Crippen molar-refractivity contribution in [1.29, 1.82) is 0 Å². The number of aromatic nitrogens is 6. The van der Waals surface area contributed by atoms with Crippen LogP contribution in [0.2, 0.25) is 0 Å². The fourth-order valence-corrected chi connectivity index (χ4v) is 5.70. The second-order valence-electron chi connectivity index (χ2n) is 10.7. The second-order valence-corrected chi connectivity index (χ2v) is 12.9. The summed E-state index contributed by atoms with van der Waals surface area (Å²) in [6.07, 6.45) is 9.36. The molecular weight excluding hydrogens is 571 g/mol. The summed E-state index contributed by atoms with van der Waals surface area (Å²) in [5.41, 5.74) is 12.3. The van der Waals surface area contributed by atoms with Gasteiger partial charge in [0.25, 0.3) is 0 Å². The Labute approximate surface area is 244 Å². The number of nitrogens with zero attached hydrogens (tertiary/aromatic N) is 4. The molecule has 5 heterocycles. The number of anilines is 1. The number of hydrogen-bond donors (Lipinski definition) is 4. The quantitative estimate of drug-likeness (QED) is 0.205. The highest BCUT2D eigenvalue weighted by Crippen LogP contribution is 2.35. The van der Waals surface area contributed by atoms with Crippen LogP contribution in [0, 0.1) is 11.7 Å². The summed E-state index contributed by atoms with van der Waals surface area (Å²) in [7, 11) is -3.64. The first kappa shape index (κ1) is 26.9. The largest absolute Gasteiger partial charge is 0.352 e. The molecule has 1 amide bonds. The van der Waals surface area contributed by atoms with Gasteiger partial charge in [0.15, 0.2) is 9.84 Å². The third-order valence-corrected chi connectivity index (χ3v) is 8.67. The Hall–Kier alpha value is -5.01. The molecule has 216 valence electrons. The van der Waals surface area contributed by atoms with Crippen LogP contribution in [0.3, 0.4) is 0 Å². The van der Waals surface area contributed by atoms with Crippen molar-refractivity contribution in [2.45, 2.75) is 18.2 Å². The molecule has 0 aliphatic heterocycles. The first-order chi connectivity index (χ1) is 20.6. The number of hydrogen-bond acceptors (Lipinski definition) is 8. The van der Waals surface area contributed by atoms with Gasteiger partial charge < -0.3 is 16.0 Å². The second kappa shape index (κ2) is 10.1. The van der Waals surface area contributed by atoms with E-state index in [2.05, 4.69) is 30.5 Å². The summed E-state index contributed by atoms with van der Waals surface area (Å²) in [6.45, 7) is 0.